The molecule has 0 aliphatic rings. The van der Waals surface area contributed by atoms with Crippen molar-refractivity contribution in [3.8, 4) is 0 Å². The van der Waals surface area contributed by atoms with Gasteiger partial charge in [0.1, 0.15) is 0 Å². The molecule has 0 atom stereocenters. The third-order valence-corrected chi connectivity index (χ3v) is 3.04. The first-order chi connectivity index (χ1) is 9.65. The van der Waals surface area contributed by atoms with Gasteiger partial charge in [-0.3, -0.25) is 4.79 Å². The van der Waals surface area contributed by atoms with Crippen LogP contribution in [0.25, 0.3) is 0 Å². The summed E-state index contributed by atoms with van der Waals surface area (Å²) >= 11 is 0. The predicted molar refractivity (Wildman–Crippen MR) is 81.6 cm³/mol. The quantitative estimate of drug-likeness (QED) is 0.798. The molecular formula is C15H18N4O. The minimum atomic E-state index is -0.156. The molecule has 20 heavy (non-hydrogen) atoms. The van der Waals surface area contributed by atoms with E-state index in [-0.39, 0.29) is 5.91 Å². The lowest BCUT2D eigenvalue weighted by Gasteiger charge is -2.13. The largest absolute Gasteiger partial charge is 0.385 e. The van der Waals surface area contributed by atoms with Gasteiger partial charge in [-0.1, -0.05) is 18.2 Å². The Hall–Kier alpha value is -2.56. The number of rotatable bonds is 4. The van der Waals surface area contributed by atoms with Crippen LogP contribution < -0.4 is 16.0 Å². The summed E-state index contributed by atoms with van der Waals surface area (Å²) in [4.78, 5) is 15.9. The van der Waals surface area contributed by atoms with Gasteiger partial charge >= 0.3 is 0 Å². The van der Waals surface area contributed by atoms with Gasteiger partial charge in [-0.2, -0.15) is 0 Å². The third-order valence-electron chi connectivity index (χ3n) is 3.04. The number of amides is 1. The molecule has 1 aromatic carbocycles. The molecule has 0 bridgehead atoms. The minimum Gasteiger partial charge on any atom is -0.385 e. The Morgan fingerprint density at radius 2 is 1.90 bits per heavy atom. The zero-order chi connectivity index (χ0) is 14.5. The number of benzene rings is 1. The van der Waals surface area contributed by atoms with Crippen LogP contribution in [0.4, 0.5) is 17.2 Å². The number of pyridine rings is 1. The Bertz CT molecular complexity index is 625. The molecule has 0 saturated heterocycles. The zero-order valence-electron chi connectivity index (χ0n) is 11.8. The fourth-order valence-corrected chi connectivity index (χ4v) is 1.86. The van der Waals surface area contributed by atoms with E-state index in [1.54, 1.807) is 26.4 Å². The van der Waals surface area contributed by atoms with E-state index < -0.39 is 0 Å². The number of aromatic nitrogens is 1. The molecule has 0 spiro atoms. The maximum atomic E-state index is 11.6. The summed E-state index contributed by atoms with van der Waals surface area (Å²) in [6.07, 6.45) is 1.56. The molecule has 104 valence electrons. The molecule has 1 amide bonds. The summed E-state index contributed by atoms with van der Waals surface area (Å²) in [7, 11) is 3.40. The second-order valence-corrected chi connectivity index (χ2v) is 4.39. The van der Waals surface area contributed by atoms with Crippen LogP contribution in [0.1, 0.15) is 15.9 Å². The third kappa shape index (κ3) is 2.88. The number of carbonyl (C=O) groups is 1. The standard InChI is InChI=1S/C15H18N4O/c1-10-6-4-5-7-12(10)19-14-13(16-2)8-11(9-18-14)15(20)17-3/h4-9,16H,1-3H3,(H,17,20)(H,18,19). The number of hydrogen-bond acceptors (Lipinski definition) is 4. The summed E-state index contributed by atoms with van der Waals surface area (Å²) in [5.41, 5.74) is 3.41. The van der Waals surface area contributed by atoms with Crippen molar-refractivity contribution < 1.29 is 4.79 Å². The van der Waals surface area contributed by atoms with Crippen LogP contribution in [0.2, 0.25) is 0 Å². The smallest absolute Gasteiger partial charge is 0.252 e. The number of carbonyl (C=O) groups excluding carboxylic acids is 1. The molecule has 1 heterocycles. The van der Waals surface area contributed by atoms with Gasteiger partial charge in [0.05, 0.1) is 11.3 Å². The van der Waals surface area contributed by atoms with Gasteiger partial charge in [0.15, 0.2) is 5.82 Å². The van der Waals surface area contributed by atoms with Crippen LogP contribution in [0.5, 0.6) is 0 Å². The van der Waals surface area contributed by atoms with Gasteiger partial charge in [-0.15, -0.1) is 0 Å². The molecule has 0 aliphatic heterocycles. The fourth-order valence-electron chi connectivity index (χ4n) is 1.86. The van der Waals surface area contributed by atoms with Crippen LogP contribution in [-0.4, -0.2) is 25.0 Å². The molecule has 0 unspecified atom stereocenters. The van der Waals surface area contributed by atoms with Gasteiger partial charge in [-0.25, -0.2) is 4.98 Å². The van der Waals surface area contributed by atoms with Crippen LogP contribution in [-0.2, 0) is 0 Å². The first-order valence-corrected chi connectivity index (χ1v) is 6.38. The van der Waals surface area contributed by atoms with E-state index in [2.05, 4.69) is 20.9 Å². The molecule has 5 heteroatoms. The van der Waals surface area contributed by atoms with E-state index in [1.165, 1.54) is 0 Å². The van der Waals surface area contributed by atoms with Crippen molar-refractivity contribution in [2.75, 3.05) is 24.7 Å². The van der Waals surface area contributed by atoms with E-state index in [4.69, 9.17) is 0 Å². The highest BCUT2D eigenvalue weighted by molar-refractivity contribution is 5.95. The lowest BCUT2D eigenvalue weighted by Crippen LogP contribution is -2.18. The lowest BCUT2D eigenvalue weighted by atomic mass is 10.2. The Kier molecular flexibility index (Phi) is 4.20. The highest BCUT2D eigenvalue weighted by atomic mass is 16.1. The van der Waals surface area contributed by atoms with Crippen molar-refractivity contribution in [2.24, 2.45) is 0 Å². The predicted octanol–water partition coefficient (Wildman–Crippen LogP) is 2.53. The van der Waals surface area contributed by atoms with Crippen molar-refractivity contribution in [1.82, 2.24) is 10.3 Å². The van der Waals surface area contributed by atoms with Gasteiger partial charge in [0, 0.05) is 26.0 Å². The maximum Gasteiger partial charge on any atom is 0.252 e. The average molecular weight is 270 g/mol. The highest BCUT2D eigenvalue weighted by Crippen LogP contribution is 2.25. The monoisotopic (exact) mass is 270 g/mol. The SMILES string of the molecule is CNC(=O)c1cnc(Nc2ccccc2C)c(NC)c1. The summed E-state index contributed by atoms with van der Waals surface area (Å²) in [6.45, 7) is 2.03. The molecular weight excluding hydrogens is 252 g/mol. The first kappa shape index (κ1) is 13.9. The number of aryl methyl sites for hydroxylation is 1. The normalized spacial score (nSPS) is 9.95. The summed E-state index contributed by atoms with van der Waals surface area (Å²) in [5.74, 6) is 0.533. The molecule has 0 fully saturated rings. The first-order valence-electron chi connectivity index (χ1n) is 6.38. The molecule has 5 nitrogen and oxygen atoms in total. The summed E-state index contributed by atoms with van der Waals surface area (Å²) in [5, 5.41) is 8.90. The zero-order valence-corrected chi connectivity index (χ0v) is 11.8. The molecule has 0 saturated carbocycles. The van der Waals surface area contributed by atoms with Gasteiger partial charge < -0.3 is 16.0 Å². The number of hydrogen-bond donors (Lipinski definition) is 3. The lowest BCUT2D eigenvalue weighted by molar-refractivity contribution is 0.0963. The molecule has 3 N–H and O–H groups in total. The van der Waals surface area contributed by atoms with Crippen molar-refractivity contribution >= 4 is 23.1 Å². The van der Waals surface area contributed by atoms with Crippen LogP contribution in [0, 0.1) is 6.92 Å². The number of nitrogens with one attached hydrogen (secondary N) is 3. The highest BCUT2D eigenvalue weighted by Gasteiger charge is 2.09. The maximum absolute atomic E-state index is 11.6. The van der Waals surface area contributed by atoms with E-state index in [9.17, 15) is 4.79 Å². The minimum absolute atomic E-state index is 0.156. The van der Waals surface area contributed by atoms with E-state index in [1.807, 2.05) is 31.2 Å². The Morgan fingerprint density at radius 1 is 1.15 bits per heavy atom. The topological polar surface area (TPSA) is 66.0 Å². The van der Waals surface area contributed by atoms with Gasteiger partial charge in [-0.05, 0) is 24.6 Å². The Balaban J connectivity index is 2.33. The average Bonchev–Trinajstić information content (AvgIpc) is 2.49. The van der Waals surface area contributed by atoms with Crippen LogP contribution >= 0.6 is 0 Å². The number of para-hydroxylation sites is 1. The van der Waals surface area contributed by atoms with E-state index in [0.29, 0.717) is 11.4 Å². The van der Waals surface area contributed by atoms with Crippen LogP contribution in [0.15, 0.2) is 36.5 Å². The molecule has 1 aromatic heterocycles. The van der Waals surface area contributed by atoms with Gasteiger partial charge in [0.25, 0.3) is 5.91 Å². The second kappa shape index (κ2) is 6.06. The molecule has 0 aliphatic carbocycles. The van der Waals surface area contributed by atoms with E-state index in [0.717, 1.165) is 16.9 Å². The van der Waals surface area contributed by atoms with E-state index >= 15 is 0 Å². The van der Waals surface area contributed by atoms with Crippen LogP contribution in [0.3, 0.4) is 0 Å². The second-order valence-electron chi connectivity index (χ2n) is 4.39. The van der Waals surface area contributed by atoms with Gasteiger partial charge in [0.2, 0.25) is 0 Å². The summed E-state index contributed by atoms with van der Waals surface area (Å²) in [6, 6.07) is 9.74. The Morgan fingerprint density at radius 3 is 2.55 bits per heavy atom. The van der Waals surface area contributed by atoms with Crippen molar-refractivity contribution in [3.05, 3.63) is 47.7 Å². The fraction of sp³-hybridized carbons (Fsp3) is 0.200. The molecule has 2 rings (SSSR count). The van der Waals surface area contributed by atoms with Crippen molar-refractivity contribution in [1.29, 1.82) is 0 Å². The van der Waals surface area contributed by atoms with Crippen molar-refractivity contribution in [3.63, 3.8) is 0 Å². The van der Waals surface area contributed by atoms with Crippen molar-refractivity contribution in [2.45, 2.75) is 6.92 Å². The Labute approximate surface area is 118 Å². The number of nitrogens with zero attached hydrogens (tertiary/aromatic N) is 1. The molecule has 2 aromatic rings. The number of anilines is 3. The summed E-state index contributed by atoms with van der Waals surface area (Å²) < 4.78 is 0. The molecule has 0 radical (unpaired) electrons.